The quantitative estimate of drug-likeness (QED) is 0.730. The van der Waals surface area contributed by atoms with Gasteiger partial charge < -0.3 is 4.90 Å². The smallest absolute Gasteiger partial charge is 0.262 e. The summed E-state index contributed by atoms with van der Waals surface area (Å²) in [5.41, 5.74) is 2.54. The van der Waals surface area contributed by atoms with E-state index < -0.39 is 20.0 Å². The molecule has 2 fully saturated rings. The van der Waals surface area contributed by atoms with E-state index in [1.807, 2.05) is 12.1 Å². The lowest BCUT2D eigenvalue weighted by Gasteiger charge is -2.29. The molecule has 0 aliphatic carbocycles. The highest BCUT2D eigenvalue weighted by Crippen LogP contribution is 2.29. The molecular weight excluding hydrogens is 434 g/mol. The van der Waals surface area contributed by atoms with Gasteiger partial charge in [0.25, 0.3) is 10.0 Å². The summed E-state index contributed by atoms with van der Waals surface area (Å²) in [6.45, 7) is 4.13. The number of hydrogen-bond acceptors (Lipinski definition) is 5. The van der Waals surface area contributed by atoms with Gasteiger partial charge in [0, 0.05) is 31.0 Å². The number of aryl methyl sites for hydroxylation is 1. The normalized spacial score (nSPS) is 19.3. The van der Waals surface area contributed by atoms with E-state index in [0.29, 0.717) is 29.9 Å². The fourth-order valence-corrected chi connectivity index (χ4v) is 7.17. The minimum Gasteiger partial charge on any atom is -0.372 e. The topological polar surface area (TPSA) is 86.8 Å². The monoisotopic (exact) mass is 463 g/mol. The molecule has 2 aliphatic heterocycles. The second kappa shape index (κ2) is 8.70. The third kappa shape index (κ3) is 4.82. The van der Waals surface area contributed by atoms with Crippen molar-refractivity contribution in [2.45, 2.75) is 43.9 Å². The Hall–Kier alpha value is -2.26. The zero-order valence-electron chi connectivity index (χ0n) is 17.7. The van der Waals surface area contributed by atoms with E-state index in [4.69, 9.17) is 0 Å². The Kier molecular flexibility index (Phi) is 6.16. The number of anilines is 3. The van der Waals surface area contributed by atoms with E-state index in [9.17, 15) is 16.8 Å². The predicted molar refractivity (Wildman–Crippen MR) is 125 cm³/mol. The Morgan fingerprint density at radius 2 is 1.48 bits per heavy atom. The molecule has 0 radical (unpaired) electrons. The fraction of sp³-hybridized carbons (Fsp3) is 0.455. The first-order valence-electron chi connectivity index (χ1n) is 10.8. The summed E-state index contributed by atoms with van der Waals surface area (Å²) in [5.74, 6) is 0.0879. The Balaban J connectivity index is 1.57. The van der Waals surface area contributed by atoms with Crippen molar-refractivity contribution in [1.82, 2.24) is 0 Å². The molecule has 0 bridgehead atoms. The summed E-state index contributed by atoms with van der Waals surface area (Å²) >= 11 is 0. The number of rotatable bonds is 5. The van der Waals surface area contributed by atoms with Gasteiger partial charge >= 0.3 is 0 Å². The van der Waals surface area contributed by atoms with Crippen LogP contribution in [0, 0.1) is 6.92 Å². The molecular formula is C22H29N3O4S2. The van der Waals surface area contributed by atoms with Gasteiger partial charge in [-0.25, -0.2) is 16.8 Å². The van der Waals surface area contributed by atoms with Crippen molar-refractivity contribution >= 4 is 37.1 Å². The van der Waals surface area contributed by atoms with Gasteiger partial charge in [-0.1, -0.05) is 6.07 Å². The number of nitrogens with zero attached hydrogens (tertiary/aromatic N) is 2. The predicted octanol–water partition coefficient (Wildman–Crippen LogP) is 3.72. The molecule has 168 valence electrons. The average Bonchev–Trinajstić information content (AvgIpc) is 2.75. The maximum atomic E-state index is 13.1. The van der Waals surface area contributed by atoms with Crippen molar-refractivity contribution in [3.05, 3.63) is 48.0 Å². The highest BCUT2D eigenvalue weighted by Gasteiger charge is 2.28. The van der Waals surface area contributed by atoms with E-state index >= 15 is 0 Å². The van der Waals surface area contributed by atoms with Crippen LogP contribution in [0.1, 0.15) is 37.7 Å². The molecule has 0 saturated carbocycles. The fourth-order valence-electron chi connectivity index (χ4n) is 4.21. The van der Waals surface area contributed by atoms with Crippen LogP contribution >= 0.6 is 0 Å². The Bertz CT molecular complexity index is 1140. The Labute approximate surface area is 185 Å². The summed E-state index contributed by atoms with van der Waals surface area (Å²) in [6.07, 6.45) is 5.00. The minimum atomic E-state index is -3.87. The molecule has 2 saturated heterocycles. The Morgan fingerprint density at radius 1 is 0.839 bits per heavy atom. The van der Waals surface area contributed by atoms with Crippen molar-refractivity contribution in [3.63, 3.8) is 0 Å². The number of sulfonamides is 2. The lowest BCUT2D eigenvalue weighted by atomic mass is 10.1. The van der Waals surface area contributed by atoms with Gasteiger partial charge in [0.1, 0.15) is 0 Å². The molecule has 2 aliphatic rings. The first-order chi connectivity index (χ1) is 14.8. The third-order valence-electron chi connectivity index (χ3n) is 5.94. The van der Waals surface area contributed by atoms with Gasteiger partial charge in [-0.15, -0.1) is 0 Å². The molecule has 7 nitrogen and oxygen atoms in total. The molecule has 1 N–H and O–H groups in total. The van der Waals surface area contributed by atoms with Crippen LogP contribution in [0.2, 0.25) is 0 Å². The third-order valence-corrected chi connectivity index (χ3v) is 9.33. The maximum Gasteiger partial charge on any atom is 0.262 e. The maximum absolute atomic E-state index is 13.1. The zero-order chi connectivity index (χ0) is 22.1. The van der Waals surface area contributed by atoms with Crippen molar-refractivity contribution in [2.24, 2.45) is 0 Å². The van der Waals surface area contributed by atoms with Crippen molar-refractivity contribution in [2.75, 3.05) is 39.3 Å². The lowest BCUT2D eigenvalue weighted by Crippen LogP contribution is -2.38. The van der Waals surface area contributed by atoms with Gasteiger partial charge in [0.05, 0.1) is 16.3 Å². The molecule has 0 atom stereocenters. The van der Waals surface area contributed by atoms with Crippen LogP contribution in [-0.2, 0) is 20.0 Å². The van der Waals surface area contributed by atoms with Crippen LogP contribution < -0.4 is 13.9 Å². The van der Waals surface area contributed by atoms with Crippen LogP contribution in [-0.4, -0.2) is 42.2 Å². The van der Waals surface area contributed by atoms with E-state index in [-0.39, 0.29) is 10.6 Å². The van der Waals surface area contributed by atoms with Crippen molar-refractivity contribution < 1.29 is 16.8 Å². The van der Waals surface area contributed by atoms with E-state index in [1.165, 1.54) is 29.6 Å². The minimum absolute atomic E-state index is 0.0879. The van der Waals surface area contributed by atoms with Gasteiger partial charge in [0.15, 0.2) is 0 Å². The van der Waals surface area contributed by atoms with E-state index in [2.05, 4.69) is 9.62 Å². The van der Waals surface area contributed by atoms with Crippen LogP contribution in [0.3, 0.4) is 0 Å². The van der Waals surface area contributed by atoms with Gasteiger partial charge in [0.2, 0.25) is 10.0 Å². The van der Waals surface area contributed by atoms with Gasteiger partial charge in [-0.2, -0.15) is 0 Å². The lowest BCUT2D eigenvalue weighted by molar-refractivity contribution is 0.574. The molecule has 0 spiro atoms. The largest absolute Gasteiger partial charge is 0.372 e. The molecule has 2 aromatic rings. The van der Waals surface area contributed by atoms with Gasteiger partial charge in [-0.05, 0) is 81.0 Å². The highest BCUT2D eigenvalue weighted by molar-refractivity contribution is 7.93. The number of hydrogen-bond donors (Lipinski definition) is 1. The summed E-state index contributed by atoms with van der Waals surface area (Å²) in [4.78, 5) is 2.40. The number of piperidine rings is 1. The first kappa shape index (κ1) is 22.0. The molecule has 2 heterocycles. The van der Waals surface area contributed by atoms with Crippen LogP contribution in [0.15, 0.2) is 47.4 Å². The van der Waals surface area contributed by atoms with Crippen LogP contribution in [0.25, 0.3) is 0 Å². The molecule has 0 amide bonds. The SMILES string of the molecule is Cc1ccc(N2CCCCS2(=O)=O)cc1S(=O)(=O)Nc1ccc(N2CCCCC2)cc1. The number of benzene rings is 2. The molecule has 0 unspecified atom stereocenters. The first-order valence-corrected chi connectivity index (χ1v) is 13.8. The van der Waals surface area contributed by atoms with Crippen LogP contribution in [0.4, 0.5) is 17.1 Å². The summed E-state index contributed by atoms with van der Waals surface area (Å²) in [5, 5.41) is 0. The van der Waals surface area contributed by atoms with Crippen LogP contribution in [0.5, 0.6) is 0 Å². The second-order valence-corrected chi connectivity index (χ2v) is 11.9. The molecule has 31 heavy (non-hydrogen) atoms. The van der Waals surface area contributed by atoms with Crippen molar-refractivity contribution in [1.29, 1.82) is 0 Å². The molecule has 2 aromatic carbocycles. The molecule has 0 aromatic heterocycles. The summed E-state index contributed by atoms with van der Waals surface area (Å²) in [7, 11) is -7.28. The number of nitrogens with one attached hydrogen (secondary N) is 1. The molecule has 4 rings (SSSR count). The van der Waals surface area contributed by atoms with Gasteiger partial charge in [-0.3, -0.25) is 9.03 Å². The summed E-state index contributed by atoms with van der Waals surface area (Å²) in [6, 6.07) is 12.2. The second-order valence-electron chi connectivity index (χ2n) is 8.25. The average molecular weight is 464 g/mol. The Morgan fingerprint density at radius 3 is 2.16 bits per heavy atom. The highest BCUT2D eigenvalue weighted by atomic mass is 32.2. The van der Waals surface area contributed by atoms with E-state index in [0.717, 1.165) is 25.2 Å². The zero-order valence-corrected chi connectivity index (χ0v) is 19.4. The van der Waals surface area contributed by atoms with E-state index in [1.54, 1.807) is 31.2 Å². The molecule has 9 heteroatoms. The standard InChI is InChI=1S/C22H29N3O4S2/c1-18-7-10-21(25-15-5-6-16-30(25,26)27)17-22(18)31(28,29)23-19-8-11-20(12-9-19)24-13-3-2-4-14-24/h7-12,17,23H,2-6,13-16H2,1H3. The van der Waals surface area contributed by atoms with Crippen molar-refractivity contribution in [3.8, 4) is 0 Å². The summed E-state index contributed by atoms with van der Waals surface area (Å²) < 4.78 is 55.1.